The highest BCUT2D eigenvalue weighted by atomic mass is 16.3. The predicted molar refractivity (Wildman–Crippen MR) is 57.6 cm³/mol. The van der Waals surface area contributed by atoms with Crippen molar-refractivity contribution >= 4 is 11.1 Å². The summed E-state index contributed by atoms with van der Waals surface area (Å²) >= 11 is 0. The third-order valence-electron chi connectivity index (χ3n) is 2.65. The van der Waals surface area contributed by atoms with Gasteiger partial charge in [-0.05, 0) is 12.1 Å². The molecule has 4 nitrogen and oxygen atoms in total. The van der Waals surface area contributed by atoms with Gasteiger partial charge in [-0.3, -0.25) is 0 Å². The lowest BCUT2D eigenvalue weighted by Crippen LogP contribution is -2.42. The highest BCUT2D eigenvalue weighted by molar-refractivity contribution is 5.72. The predicted octanol–water partition coefficient (Wildman–Crippen LogP) is 1.06. The Morgan fingerprint density at radius 2 is 2.20 bits per heavy atom. The van der Waals surface area contributed by atoms with E-state index in [1.165, 1.54) is 0 Å². The van der Waals surface area contributed by atoms with Gasteiger partial charge in [-0.25, -0.2) is 4.98 Å². The van der Waals surface area contributed by atoms with Crippen LogP contribution in [0.1, 0.15) is 11.9 Å². The van der Waals surface area contributed by atoms with E-state index in [0.717, 1.165) is 36.6 Å². The Kier molecular flexibility index (Phi) is 2.16. The fraction of sp³-hybridized carbons (Fsp3) is 0.364. The van der Waals surface area contributed by atoms with Crippen LogP contribution in [0.2, 0.25) is 0 Å². The molecule has 4 heteroatoms. The van der Waals surface area contributed by atoms with E-state index in [1.807, 2.05) is 24.3 Å². The third-order valence-corrected chi connectivity index (χ3v) is 2.65. The van der Waals surface area contributed by atoms with E-state index in [9.17, 15) is 0 Å². The molecular weight excluding hydrogens is 190 g/mol. The maximum absolute atomic E-state index is 5.69. The number of piperazine rings is 1. The van der Waals surface area contributed by atoms with Crippen LogP contribution in [-0.2, 0) is 0 Å². The second kappa shape index (κ2) is 3.64. The molecule has 0 spiro atoms. The lowest BCUT2D eigenvalue weighted by molar-refractivity contribution is 0.362. The van der Waals surface area contributed by atoms with E-state index < -0.39 is 0 Å². The lowest BCUT2D eigenvalue weighted by Gasteiger charge is -2.21. The summed E-state index contributed by atoms with van der Waals surface area (Å²) in [4.78, 5) is 4.47. The van der Waals surface area contributed by atoms with Crippen LogP contribution >= 0.6 is 0 Å². The van der Waals surface area contributed by atoms with Crippen LogP contribution in [0.15, 0.2) is 28.7 Å². The fourth-order valence-corrected chi connectivity index (χ4v) is 1.87. The van der Waals surface area contributed by atoms with Crippen molar-refractivity contribution in [2.45, 2.75) is 6.04 Å². The number of aromatic nitrogens is 1. The minimum atomic E-state index is 0.200. The molecule has 1 aliphatic rings. The third kappa shape index (κ3) is 1.62. The molecule has 0 radical (unpaired) electrons. The molecule has 1 aromatic heterocycles. The van der Waals surface area contributed by atoms with E-state index in [2.05, 4.69) is 15.6 Å². The quantitative estimate of drug-likeness (QED) is 0.727. The number of benzene rings is 1. The van der Waals surface area contributed by atoms with E-state index in [1.54, 1.807) is 0 Å². The van der Waals surface area contributed by atoms with Gasteiger partial charge in [0.1, 0.15) is 5.52 Å². The number of para-hydroxylation sites is 2. The molecule has 0 saturated carbocycles. The second-order valence-electron chi connectivity index (χ2n) is 3.73. The summed E-state index contributed by atoms with van der Waals surface area (Å²) in [5.41, 5.74) is 1.79. The van der Waals surface area contributed by atoms with Gasteiger partial charge in [0, 0.05) is 19.6 Å². The van der Waals surface area contributed by atoms with Crippen molar-refractivity contribution in [3.05, 3.63) is 30.2 Å². The zero-order chi connectivity index (χ0) is 10.1. The van der Waals surface area contributed by atoms with Crippen LogP contribution in [-0.4, -0.2) is 24.6 Å². The molecule has 0 bridgehead atoms. The van der Waals surface area contributed by atoms with Crippen LogP contribution in [0, 0.1) is 0 Å². The Bertz CT molecular complexity index is 427. The van der Waals surface area contributed by atoms with E-state index in [4.69, 9.17) is 4.42 Å². The van der Waals surface area contributed by atoms with Gasteiger partial charge in [0.05, 0.1) is 6.04 Å². The van der Waals surface area contributed by atoms with Crippen LogP contribution in [0.25, 0.3) is 11.1 Å². The Balaban J connectivity index is 1.96. The summed E-state index contributed by atoms with van der Waals surface area (Å²) in [5, 5.41) is 6.69. The highest BCUT2D eigenvalue weighted by Crippen LogP contribution is 2.19. The van der Waals surface area contributed by atoms with Crippen LogP contribution in [0.4, 0.5) is 0 Å². The Morgan fingerprint density at radius 1 is 1.27 bits per heavy atom. The first kappa shape index (κ1) is 8.88. The maximum Gasteiger partial charge on any atom is 0.213 e. The average molecular weight is 203 g/mol. The van der Waals surface area contributed by atoms with Gasteiger partial charge in [-0.15, -0.1) is 0 Å². The Morgan fingerprint density at radius 3 is 3.00 bits per heavy atom. The van der Waals surface area contributed by atoms with Gasteiger partial charge in [-0.2, -0.15) is 0 Å². The molecule has 1 atom stereocenters. The van der Waals surface area contributed by atoms with E-state index >= 15 is 0 Å². The smallest absolute Gasteiger partial charge is 0.213 e. The van der Waals surface area contributed by atoms with E-state index in [-0.39, 0.29) is 6.04 Å². The van der Waals surface area contributed by atoms with Crippen molar-refractivity contribution in [1.82, 2.24) is 15.6 Å². The number of hydrogen-bond acceptors (Lipinski definition) is 4. The molecular formula is C11H13N3O. The van der Waals surface area contributed by atoms with Crippen molar-refractivity contribution in [3.63, 3.8) is 0 Å². The van der Waals surface area contributed by atoms with Gasteiger partial charge in [-0.1, -0.05) is 12.1 Å². The molecule has 15 heavy (non-hydrogen) atoms. The molecule has 78 valence electrons. The van der Waals surface area contributed by atoms with Crippen LogP contribution < -0.4 is 10.6 Å². The van der Waals surface area contributed by atoms with Crippen LogP contribution in [0.3, 0.4) is 0 Å². The van der Waals surface area contributed by atoms with Crippen molar-refractivity contribution in [1.29, 1.82) is 0 Å². The molecule has 0 amide bonds. The number of rotatable bonds is 1. The van der Waals surface area contributed by atoms with Gasteiger partial charge in [0.15, 0.2) is 5.58 Å². The summed E-state index contributed by atoms with van der Waals surface area (Å²) in [6, 6.07) is 8.05. The SMILES string of the molecule is c1ccc2oc(C3CNCCN3)nc2c1. The molecule has 2 heterocycles. The van der Waals surface area contributed by atoms with Gasteiger partial charge in [0.25, 0.3) is 0 Å². The second-order valence-corrected chi connectivity index (χ2v) is 3.73. The summed E-state index contributed by atoms with van der Waals surface area (Å²) in [5.74, 6) is 0.781. The Hall–Kier alpha value is -1.39. The fourth-order valence-electron chi connectivity index (χ4n) is 1.87. The minimum absolute atomic E-state index is 0.200. The summed E-state index contributed by atoms with van der Waals surface area (Å²) in [6.07, 6.45) is 0. The molecule has 0 aliphatic carbocycles. The van der Waals surface area contributed by atoms with Gasteiger partial charge in [0.2, 0.25) is 5.89 Å². The lowest BCUT2D eigenvalue weighted by atomic mass is 10.2. The van der Waals surface area contributed by atoms with Crippen molar-refractivity contribution in [2.24, 2.45) is 0 Å². The monoisotopic (exact) mass is 203 g/mol. The van der Waals surface area contributed by atoms with Crippen molar-refractivity contribution < 1.29 is 4.42 Å². The number of oxazole rings is 1. The average Bonchev–Trinajstić information content (AvgIpc) is 2.74. The van der Waals surface area contributed by atoms with Gasteiger partial charge >= 0.3 is 0 Å². The molecule has 1 aliphatic heterocycles. The van der Waals surface area contributed by atoms with Gasteiger partial charge < -0.3 is 15.1 Å². The molecule has 1 unspecified atom stereocenters. The number of hydrogen-bond donors (Lipinski definition) is 2. The number of nitrogens with one attached hydrogen (secondary N) is 2. The van der Waals surface area contributed by atoms with Crippen molar-refractivity contribution in [3.8, 4) is 0 Å². The zero-order valence-corrected chi connectivity index (χ0v) is 8.36. The number of nitrogens with zero attached hydrogens (tertiary/aromatic N) is 1. The Labute approximate surface area is 87.7 Å². The molecule has 3 rings (SSSR count). The normalized spacial score (nSPS) is 22.0. The maximum atomic E-state index is 5.69. The minimum Gasteiger partial charge on any atom is -0.439 e. The number of fused-ring (bicyclic) bond motifs is 1. The first-order chi connectivity index (χ1) is 7.43. The molecule has 2 N–H and O–H groups in total. The molecule has 1 saturated heterocycles. The molecule has 2 aromatic rings. The summed E-state index contributed by atoms with van der Waals surface area (Å²) < 4.78 is 5.69. The highest BCUT2D eigenvalue weighted by Gasteiger charge is 2.19. The summed E-state index contributed by atoms with van der Waals surface area (Å²) in [7, 11) is 0. The standard InChI is InChI=1S/C11H13N3O/c1-2-4-10-8(3-1)14-11(15-10)9-7-12-5-6-13-9/h1-4,9,12-13H,5-7H2. The largest absolute Gasteiger partial charge is 0.439 e. The zero-order valence-electron chi connectivity index (χ0n) is 8.36. The van der Waals surface area contributed by atoms with Crippen molar-refractivity contribution in [2.75, 3.05) is 19.6 Å². The summed E-state index contributed by atoms with van der Waals surface area (Å²) in [6.45, 7) is 2.85. The van der Waals surface area contributed by atoms with Crippen LogP contribution in [0.5, 0.6) is 0 Å². The topological polar surface area (TPSA) is 50.1 Å². The molecule has 1 fully saturated rings. The molecule has 1 aromatic carbocycles. The first-order valence-corrected chi connectivity index (χ1v) is 5.23. The van der Waals surface area contributed by atoms with E-state index in [0.29, 0.717) is 0 Å². The first-order valence-electron chi connectivity index (χ1n) is 5.23.